The molecule has 16 heavy (non-hydrogen) atoms. The minimum absolute atomic E-state index is 0.0269. The van der Waals surface area contributed by atoms with Crippen LogP contribution < -0.4 is 0 Å². The molecule has 2 nitrogen and oxygen atoms in total. The normalized spacial score (nSPS) is 11.3. The van der Waals surface area contributed by atoms with Crippen LogP contribution >= 0.6 is 11.6 Å². The minimum atomic E-state index is -4.53. The molecule has 0 spiro atoms. The van der Waals surface area contributed by atoms with Crippen molar-refractivity contribution in [3.63, 3.8) is 0 Å². The van der Waals surface area contributed by atoms with E-state index in [1.807, 2.05) is 0 Å². The summed E-state index contributed by atoms with van der Waals surface area (Å²) < 4.78 is 42.0. The minimum Gasteiger partial charge on any atom is -0.469 e. The second kappa shape index (κ2) is 4.74. The maximum absolute atomic E-state index is 12.6. The van der Waals surface area contributed by atoms with E-state index in [4.69, 9.17) is 11.6 Å². The zero-order chi connectivity index (χ0) is 12.3. The summed E-state index contributed by atoms with van der Waals surface area (Å²) >= 11 is 5.48. The summed E-state index contributed by atoms with van der Waals surface area (Å²) in [6, 6.07) is 3.26. The number of alkyl halides is 3. The van der Waals surface area contributed by atoms with Crippen LogP contribution in [0.25, 0.3) is 0 Å². The van der Waals surface area contributed by atoms with E-state index >= 15 is 0 Å². The molecule has 88 valence electrons. The predicted octanol–water partition coefficient (Wildman–Crippen LogP) is 3.07. The van der Waals surface area contributed by atoms with E-state index in [0.717, 1.165) is 13.2 Å². The van der Waals surface area contributed by atoms with Crippen molar-refractivity contribution >= 4 is 17.6 Å². The van der Waals surface area contributed by atoms with E-state index < -0.39 is 24.1 Å². The van der Waals surface area contributed by atoms with Gasteiger partial charge in [-0.3, -0.25) is 4.79 Å². The fourth-order valence-electron chi connectivity index (χ4n) is 1.19. The van der Waals surface area contributed by atoms with Crippen LogP contribution in [0.5, 0.6) is 0 Å². The number of halogens is 4. The quantitative estimate of drug-likeness (QED) is 0.756. The van der Waals surface area contributed by atoms with Gasteiger partial charge in [-0.15, -0.1) is 0 Å². The maximum Gasteiger partial charge on any atom is 0.416 e. The Labute approximate surface area is 95.0 Å². The molecule has 6 heteroatoms. The predicted molar refractivity (Wildman–Crippen MR) is 52.2 cm³/mol. The van der Waals surface area contributed by atoms with Gasteiger partial charge < -0.3 is 4.74 Å². The average Bonchev–Trinajstić information content (AvgIpc) is 2.19. The van der Waals surface area contributed by atoms with E-state index in [-0.39, 0.29) is 10.6 Å². The number of hydrogen-bond acceptors (Lipinski definition) is 2. The molecule has 0 atom stereocenters. The molecule has 1 aromatic rings. The van der Waals surface area contributed by atoms with E-state index in [1.165, 1.54) is 12.1 Å². The van der Waals surface area contributed by atoms with Crippen LogP contribution in [0.15, 0.2) is 18.2 Å². The zero-order valence-electron chi connectivity index (χ0n) is 8.27. The molecular formula is C10H8ClF3O2. The molecule has 0 amide bonds. The third-order valence-corrected chi connectivity index (χ3v) is 2.17. The monoisotopic (exact) mass is 252 g/mol. The van der Waals surface area contributed by atoms with Crippen molar-refractivity contribution in [1.82, 2.24) is 0 Å². The average molecular weight is 253 g/mol. The van der Waals surface area contributed by atoms with Gasteiger partial charge in [-0.2, -0.15) is 13.2 Å². The molecule has 0 unspecified atom stereocenters. The van der Waals surface area contributed by atoms with Crippen molar-refractivity contribution in [2.75, 3.05) is 7.11 Å². The highest BCUT2D eigenvalue weighted by atomic mass is 35.5. The first-order chi connectivity index (χ1) is 7.34. The largest absolute Gasteiger partial charge is 0.469 e. The highest BCUT2D eigenvalue weighted by Gasteiger charge is 2.33. The smallest absolute Gasteiger partial charge is 0.416 e. The van der Waals surface area contributed by atoms with Gasteiger partial charge in [0.05, 0.1) is 19.1 Å². The molecule has 0 bridgehead atoms. The van der Waals surface area contributed by atoms with Crippen LogP contribution in [0, 0.1) is 0 Å². The van der Waals surface area contributed by atoms with Crippen LogP contribution in [0.1, 0.15) is 11.1 Å². The van der Waals surface area contributed by atoms with Gasteiger partial charge in [0.25, 0.3) is 0 Å². The second-order valence-corrected chi connectivity index (χ2v) is 3.49. The van der Waals surface area contributed by atoms with Gasteiger partial charge in [0, 0.05) is 5.02 Å². The van der Waals surface area contributed by atoms with Crippen molar-refractivity contribution in [2.45, 2.75) is 12.6 Å². The molecule has 0 aliphatic rings. The number of carbonyl (C=O) groups excluding carboxylic acids is 1. The number of rotatable bonds is 2. The Hall–Kier alpha value is -1.23. The van der Waals surface area contributed by atoms with Crippen molar-refractivity contribution in [3.8, 4) is 0 Å². The van der Waals surface area contributed by atoms with Crippen LogP contribution in [-0.4, -0.2) is 13.1 Å². The molecule has 0 saturated carbocycles. The van der Waals surface area contributed by atoms with Crippen LogP contribution in [0.4, 0.5) is 13.2 Å². The highest BCUT2D eigenvalue weighted by molar-refractivity contribution is 6.30. The summed E-state index contributed by atoms with van der Waals surface area (Å²) in [5, 5.41) is -0.0269. The van der Waals surface area contributed by atoms with Gasteiger partial charge in [0.1, 0.15) is 0 Å². The number of methoxy groups -OCH3 is 1. The van der Waals surface area contributed by atoms with E-state index in [9.17, 15) is 18.0 Å². The summed E-state index contributed by atoms with van der Waals surface area (Å²) in [4.78, 5) is 10.9. The Morgan fingerprint density at radius 2 is 2.06 bits per heavy atom. The van der Waals surface area contributed by atoms with Gasteiger partial charge in [-0.05, 0) is 17.7 Å². The first kappa shape index (κ1) is 12.8. The Morgan fingerprint density at radius 3 is 2.56 bits per heavy atom. The number of esters is 1. The number of carbonyl (C=O) groups is 1. The van der Waals surface area contributed by atoms with Crippen LogP contribution in [0.2, 0.25) is 5.02 Å². The Bertz CT molecular complexity index is 402. The molecule has 0 N–H and O–H groups in total. The molecule has 0 radical (unpaired) electrons. The first-order valence-corrected chi connectivity index (χ1v) is 4.65. The number of benzene rings is 1. The molecule has 1 rings (SSSR count). The van der Waals surface area contributed by atoms with Gasteiger partial charge in [0.2, 0.25) is 0 Å². The second-order valence-electron chi connectivity index (χ2n) is 3.05. The van der Waals surface area contributed by atoms with Crippen molar-refractivity contribution < 1.29 is 22.7 Å². The standard InChI is InChI=1S/C10H8ClF3O2/c1-16-9(15)4-6-2-3-7(11)5-8(6)10(12,13)14/h2-3,5H,4H2,1H3. The summed E-state index contributed by atoms with van der Waals surface area (Å²) in [5.41, 5.74) is -1.06. The molecule has 0 saturated heterocycles. The lowest BCUT2D eigenvalue weighted by Crippen LogP contribution is -2.13. The number of ether oxygens (including phenoxy) is 1. The summed E-state index contributed by atoms with van der Waals surface area (Å²) in [6.45, 7) is 0. The summed E-state index contributed by atoms with van der Waals surface area (Å²) in [5.74, 6) is -0.729. The number of hydrogen-bond donors (Lipinski definition) is 0. The lowest BCUT2D eigenvalue weighted by molar-refractivity contribution is -0.141. The molecule has 0 fully saturated rings. The van der Waals surface area contributed by atoms with E-state index in [1.54, 1.807) is 0 Å². The van der Waals surface area contributed by atoms with Crippen LogP contribution in [0.3, 0.4) is 0 Å². The highest BCUT2D eigenvalue weighted by Crippen LogP contribution is 2.34. The molecule has 0 aromatic heterocycles. The topological polar surface area (TPSA) is 26.3 Å². The van der Waals surface area contributed by atoms with Crippen molar-refractivity contribution in [2.24, 2.45) is 0 Å². The molecular weight excluding hydrogens is 245 g/mol. The molecule has 1 aromatic carbocycles. The molecule has 0 aliphatic carbocycles. The van der Waals surface area contributed by atoms with E-state index in [2.05, 4.69) is 4.74 Å². The third-order valence-electron chi connectivity index (χ3n) is 1.94. The Morgan fingerprint density at radius 1 is 1.44 bits per heavy atom. The third kappa shape index (κ3) is 3.13. The summed E-state index contributed by atoms with van der Waals surface area (Å²) in [6.07, 6.45) is -4.96. The molecule has 0 heterocycles. The fraction of sp³-hybridized carbons (Fsp3) is 0.300. The zero-order valence-corrected chi connectivity index (χ0v) is 9.02. The lowest BCUT2D eigenvalue weighted by atomic mass is 10.0. The summed E-state index contributed by atoms with van der Waals surface area (Å²) in [7, 11) is 1.12. The lowest BCUT2D eigenvalue weighted by Gasteiger charge is -2.12. The van der Waals surface area contributed by atoms with Crippen molar-refractivity contribution in [1.29, 1.82) is 0 Å². The van der Waals surface area contributed by atoms with E-state index in [0.29, 0.717) is 0 Å². The molecule has 0 aliphatic heterocycles. The first-order valence-electron chi connectivity index (χ1n) is 4.27. The van der Waals surface area contributed by atoms with Gasteiger partial charge in [0.15, 0.2) is 0 Å². The SMILES string of the molecule is COC(=O)Cc1ccc(Cl)cc1C(F)(F)F. The van der Waals surface area contributed by atoms with Crippen LogP contribution in [-0.2, 0) is 22.1 Å². The van der Waals surface area contributed by atoms with Gasteiger partial charge in [-0.1, -0.05) is 17.7 Å². The van der Waals surface area contributed by atoms with Crippen molar-refractivity contribution in [3.05, 3.63) is 34.3 Å². The Kier molecular flexibility index (Phi) is 3.80. The van der Waals surface area contributed by atoms with Gasteiger partial charge >= 0.3 is 12.1 Å². The van der Waals surface area contributed by atoms with Gasteiger partial charge in [-0.25, -0.2) is 0 Å². The Balaban J connectivity index is 3.13. The maximum atomic E-state index is 12.6. The fourth-order valence-corrected chi connectivity index (χ4v) is 1.37.